The van der Waals surface area contributed by atoms with Crippen LogP contribution in [-0.4, -0.2) is 29.6 Å². The number of nitrogens with zero attached hydrogens (tertiary/aromatic N) is 2. The minimum absolute atomic E-state index is 0.278. The lowest BCUT2D eigenvalue weighted by atomic mass is 10.2. The fourth-order valence-electron chi connectivity index (χ4n) is 1.60. The number of carbonyl (C=O) groups is 1. The van der Waals surface area contributed by atoms with Gasteiger partial charge in [0.05, 0.1) is 23.3 Å². The van der Waals surface area contributed by atoms with Gasteiger partial charge < -0.3 is 10.1 Å². The van der Waals surface area contributed by atoms with Gasteiger partial charge in [0.1, 0.15) is 4.83 Å². The number of hydrogen-bond donors (Lipinski definition) is 1. The smallest absolute Gasteiger partial charge is 0.339 e. The molecule has 0 spiro atoms. The van der Waals surface area contributed by atoms with E-state index in [1.54, 1.807) is 20.9 Å². The number of nitrogens with one attached hydrogen (secondary N) is 1. The number of pyridine rings is 1. The van der Waals surface area contributed by atoms with Gasteiger partial charge in [-0.15, -0.1) is 0 Å². The molecule has 0 aliphatic rings. The Labute approximate surface area is 113 Å². The van der Waals surface area contributed by atoms with Crippen LogP contribution < -0.4 is 10.9 Å². The van der Waals surface area contributed by atoms with E-state index in [0.717, 1.165) is 0 Å². The third-order valence-corrected chi connectivity index (χ3v) is 3.51. The number of aromatic nitrogens is 2. The zero-order valence-electron chi connectivity index (χ0n) is 10.8. The second-order valence-corrected chi connectivity index (χ2v) is 4.75. The number of fused-ring (bicyclic) bond motifs is 1. The molecule has 19 heavy (non-hydrogen) atoms. The monoisotopic (exact) mass is 279 g/mol. The quantitative estimate of drug-likeness (QED) is 0.859. The minimum atomic E-state index is -0.475. The third-order valence-electron chi connectivity index (χ3n) is 2.51. The number of rotatable bonds is 3. The molecule has 2 rings (SSSR count). The number of ether oxygens (including phenoxy) is 1. The van der Waals surface area contributed by atoms with E-state index in [-0.39, 0.29) is 6.61 Å². The maximum atomic E-state index is 11.9. The summed E-state index contributed by atoms with van der Waals surface area (Å²) in [6.45, 7) is 3.71. The molecule has 6 nitrogen and oxygen atoms in total. The van der Waals surface area contributed by atoms with Crippen molar-refractivity contribution in [1.82, 2.24) is 9.97 Å². The normalized spacial score (nSPS) is 10.5. The SMILES string of the molecule is CCOC(=O)c1cc2c(=O)nc(NC)sc2nc1C. The van der Waals surface area contributed by atoms with Crippen LogP contribution in [0.25, 0.3) is 10.2 Å². The molecule has 0 atom stereocenters. The van der Waals surface area contributed by atoms with Crippen molar-refractivity contribution in [3.05, 3.63) is 27.7 Å². The molecule has 0 radical (unpaired) electrons. The molecule has 0 aromatic carbocycles. The lowest BCUT2D eigenvalue weighted by Crippen LogP contribution is -2.12. The fourth-order valence-corrected chi connectivity index (χ4v) is 2.46. The van der Waals surface area contributed by atoms with Gasteiger partial charge in [0, 0.05) is 7.05 Å². The molecule has 100 valence electrons. The van der Waals surface area contributed by atoms with Gasteiger partial charge in [0.15, 0.2) is 5.13 Å². The van der Waals surface area contributed by atoms with Crippen LogP contribution >= 0.6 is 11.3 Å². The van der Waals surface area contributed by atoms with Crippen LogP contribution in [0.4, 0.5) is 5.13 Å². The van der Waals surface area contributed by atoms with E-state index in [0.29, 0.717) is 26.6 Å². The summed E-state index contributed by atoms with van der Waals surface area (Å²) in [5.41, 5.74) is 0.434. The van der Waals surface area contributed by atoms with Crippen molar-refractivity contribution in [2.24, 2.45) is 0 Å². The van der Waals surface area contributed by atoms with Crippen molar-refractivity contribution in [3.8, 4) is 0 Å². The third kappa shape index (κ3) is 2.55. The number of esters is 1. The van der Waals surface area contributed by atoms with Crippen molar-refractivity contribution in [2.75, 3.05) is 19.0 Å². The second-order valence-electron chi connectivity index (χ2n) is 3.77. The summed E-state index contributed by atoms with van der Waals surface area (Å²) < 4.78 is 4.93. The van der Waals surface area contributed by atoms with E-state index in [1.807, 2.05) is 0 Å². The maximum absolute atomic E-state index is 11.9. The summed E-state index contributed by atoms with van der Waals surface area (Å²) in [5.74, 6) is -0.475. The molecule has 0 bridgehead atoms. The number of aryl methyl sites for hydroxylation is 1. The fraction of sp³-hybridized carbons (Fsp3) is 0.333. The molecule has 0 aliphatic heterocycles. The van der Waals surface area contributed by atoms with Crippen LogP contribution in [0.1, 0.15) is 23.0 Å². The molecule has 1 N–H and O–H groups in total. The van der Waals surface area contributed by atoms with Gasteiger partial charge in [-0.3, -0.25) is 4.79 Å². The van der Waals surface area contributed by atoms with Gasteiger partial charge in [0.25, 0.3) is 5.56 Å². The van der Waals surface area contributed by atoms with E-state index in [2.05, 4.69) is 15.3 Å². The average Bonchev–Trinajstić information content (AvgIpc) is 2.37. The van der Waals surface area contributed by atoms with Gasteiger partial charge in [-0.05, 0) is 19.9 Å². The summed E-state index contributed by atoms with van der Waals surface area (Å²) in [6, 6.07) is 1.50. The number of hydrogen-bond acceptors (Lipinski definition) is 7. The van der Waals surface area contributed by atoms with Gasteiger partial charge in [-0.25, -0.2) is 9.78 Å². The summed E-state index contributed by atoms with van der Waals surface area (Å²) >= 11 is 1.26. The zero-order chi connectivity index (χ0) is 14.0. The van der Waals surface area contributed by atoms with Crippen LogP contribution in [0.5, 0.6) is 0 Å². The Morgan fingerprint density at radius 1 is 1.47 bits per heavy atom. The first-order valence-corrected chi connectivity index (χ1v) is 6.55. The van der Waals surface area contributed by atoms with Crippen molar-refractivity contribution in [2.45, 2.75) is 13.8 Å². The largest absolute Gasteiger partial charge is 0.462 e. The molecule has 0 fully saturated rings. The molecule has 7 heteroatoms. The van der Waals surface area contributed by atoms with Crippen molar-refractivity contribution >= 4 is 32.7 Å². The predicted octanol–water partition coefficient (Wildman–Crippen LogP) is 1.58. The Balaban J connectivity index is 2.66. The van der Waals surface area contributed by atoms with Gasteiger partial charge in [0.2, 0.25) is 0 Å². The Hall–Kier alpha value is -2.02. The lowest BCUT2D eigenvalue weighted by Gasteiger charge is -2.06. The summed E-state index contributed by atoms with van der Waals surface area (Å²) in [6.07, 6.45) is 0. The topological polar surface area (TPSA) is 81.2 Å². The standard InChI is InChI=1S/C12H13N3O3S/c1-4-18-11(17)7-5-8-9(16)15-12(13-3)19-10(8)14-6(7)2/h5H,4H2,1-3H3,(H,13,15,16). The highest BCUT2D eigenvalue weighted by molar-refractivity contribution is 7.21. The first-order chi connectivity index (χ1) is 9.06. The van der Waals surface area contributed by atoms with E-state index in [9.17, 15) is 9.59 Å². The van der Waals surface area contributed by atoms with Crippen molar-refractivity contribution in [1.29, 1.82) is 0 Å². The minimum Gasteiger partial charge on any atom is -0.462 e. The van der Waals surface area contributed by atoms with Gasteiger partial charge in [-0.2, -0.15) is 4.98 Å². The molecule has 2 aromatic heterocycles. The molecule has 0 saturated carbocycles. The van der Waals surface area contributed by atoms with Crippen LogP contribution in [0.3, 0.4) is 0 Å². The summed E-state index contributed by atoms with van der Waals surface area (Å²) in [7, 11) is 1.68. The van der Waals surface area contributed by atoms with Gasteiger partial charge in [-0.1, -0.05) is 11.3 Å². The van der Waals surface area contributed by atoms with Crippen molar-refractivity contribution < 1.29 is 9.53 Å². The van der Waals surface area contributed by atoms with Crippen LogP contribution in [0.15, 0.2) is 10.9 Å². The summed E-state index contributed by atoms with van der Waals surface area (Å²) in [5, 5.41) is 3.64. The van der Waals surface area contributed by atoms with Crippen molar-refractivity contribution in [3.63, 3.8) is 0 Å². The lowest BCUT2D eigenvalue weighted by molar-refractivity contribution is 0.0525. The van der Waals surface area contributed by atoms with E-state index in [1.165, 1.54) is 17.4 Å². The molecule has 0 aliphatic carbocycles. The highest BCUT2D eigenvalue weighted by Crippen LogP contribution is 2.21. The van der Waals surface area contributed by atoms with Crippen LogP contribution in [0, 0.1) is 6.92 Å². The molecule has 2 heterocycles. The predicted molar refractivity (Wildman–Crippen MR) is 73.9 cm³/mol. The molecule has 0 unspecified atom stereocenters. The Morgan fingerprint density at radius 3 is 2.84 bits per heavy atom. The van der Waals surface area contributed by atoms with Gasteiger partial charge >= 0.3 is 5.97 Å². The Bertz CT molecular complexity index is 696. The maximum Gasteiger partial charge on any atom is 0.339 e. The highest BCUT2D eigenvalue weighted by Gasteiger charge is 2.15. The second kappa shape index (κ2) is 5.31. The van der Waals surface area contributed by atoms with E-state index in [4.69, 9.17) is 4.74 Å². The molecule has 0 saturated heterocycles. The first-order valence-electron chi connectivity index (χ1n) is 5.74. The zero-order valence-corrected chi connectivity index (χ0v) is 11.6. The molecular weight excluding hydrogens is 266 g/mol. The van der Waals surface area contributed by atoms with E-state index >= 15 is 0 Å². The van der Waals surface area contributed by atoms with Crippen LogP contribution in [-0.2, 0) is 4.74 Å². The highest BCUT2D eigenvalue weighted by atomic mass is 32.1. The Kier molecular flexibility index (Phi) is 3.75. The summed E-state index contributed by atoms with van der Waals surface area (Å²) in [4.78, 5) is 32.3. The van der Waals surface area contributed by atoms with Crippen LogP contribution in [0.2, 0.25) is 0 Å². The van der Waals surface area contributed by atoms with E-state index < -0.39 is 11.5 Å². The molecule has 0 amide bonds. The Morgan fingerprint density at radius 2 is 2.21 bits per heavy atom. The average molecular weight is 279 g/mol. The number of anilines is 1. The first kappa shape index (κ1) is 13.4. The molecule has 2 aromatic rings. The number of carbonyl (C=O) groups excluding carboxylic acids is 1. The molecular formula is C12H13N3O3S.